The molecule has 20 heavy (non-hydrogen) atoms. The SMILES string of the molecule is ClN[C@]1(c2ccc(Cl)c(Cl)c2)CCOc2cccnc21. The van der Waals surface area contributed by atoms with Crippen LogP contribution in [0.25, 0.3) is 0 Å². The fraction of sp³-hybridized carbons (Fsp3) is 0.214. The van der Waals surface area contributed by atoms with Crippen LogP contribution in [-0.4, -0.2) is 11.6 Å². The van der Waals surface area contributed by atoms with Gasteiger partial charge >= 0.3 is 0 Å². The lowest BCUT2D eigenvalue weighted by Crippen LogP contribution is -2.43. The number of nitrogens with one attached hydrogen (secondary N) is 1. The Morgan fingerprint density at radius 3 is 2.80 bits per heavy atom. The molecule has 1 aliphatic heterocycles. The highest BCUT2D eigenvalue weighted by atomic mass is 35.5. The summed E-state index contributed by atoms with van der Waals surface area (Å²) in [6, 6.07) is 9.17. The van der Waals surface area contributed by atoms with E-state index in [0.717, 1.165) is 17.0 Å². The first kappa shape index (κ1) is 14.0. The van der Waals surface area contributed by atoms with Gasteiger partial charge in [0.2, 0.25) is 0 Å². The largest absolute Gasteiger partial charge is 0.491 e. The molecule has 6 heteroatoms. The Balaban J connectivity index is 2.20. The van der Waals surface area contributed by atoms with Gasteiger partial charge in [-0.2, -0.15) is 0 Å². The highest BCUT2D eigenvalue weighted by molar-refractivity contribution is 6.42. The monoisotopic (exact) mass is 328 g/mol. The zero-order valence-electron chi connectivity index (χ0n) is 10.4. The highest BCUT2D eigenvalue weighted by Gasteiger charge is 2.40. The van der Waals surface area contributed by atoms with Crippen molar-refractivity contribution in [3.63, 3.8) is 0 Å². The molecule has 3 rings (SSSR count). The van der Waals surface area contributed by atoms with E-state index in [1.54, 1.807) is 12.3 Å². The van der Waals surface area contributed by atoms with Crippen molar-refractivity contribution in [2.75, 3.05) is 6.61 Å². The fourth-order valence-corrected chi connectivity index (χ4v) is 3.04. The molecule has 1 atom stereocenters. The van der Waals surface area contributed by atoms with Gasteiger partial charge in [-0.1, -0.05) is 29.3 Å². The number of ether oxygens (including phenoxy) is 1. The number of rotatable bonds is 2. The number of fused-ring (bicyclic) bond motifs is 1. The predicted octanol–water partition coefficient (Wildman–Crippen LogP) is 4.16. The average molecular weight is 330 g/mol. The Labute approximate surface area is 131 Å². The van der Waals surface area contributed by atoms with E-state index >= 15 is 0 Å². The van der Waals surface area contributed by atoms with Crippen molar-refractivity contribution in [2.24, 2.45) is 0 Å². The molecule has 0 amide bonds. The lowest BCUT2D eigenvalue weighted by Gasteiger charge is -2.36. The van der Waals surface area contributed by atoms with Crippen LogP contribution in [-0.2, 0) is 5.54 Å². The predicted molar refractivity (Wildman–Crippen MR) is 80.6 cm³/mol. The van der Waals surface area contributed by atoms with Crippen LogP contribution in [0.1, 0.15) is 17.7 Å². The second kappa shape index (κ2) is 5.41. The summed E-state index contributed by atoms with van der Waals surface area (Å²) >= 11 is 18.2. The van der Waals surface area contributed by atoms with Crippen LogP contribution in [0.3, 0.4) is 0 Å². The molecular weight excluding hydrogens is 319 g/mol. The van der Waals surface area contributed by atoms with Crippen molar-refractivity contribution in [1.82, 2.24) is 9.82 Å². The number of hydrogen-bond acceptors (Lipinski definition) is 3. The molecular formula is C14H11Cl3N2O. The first-order valence-corrected chi connectivity index (χ1v) is 7.22. The summed E-state index contributed by atoms with van der Waals surface area (Å²) in [6.45, 7) is 0.540. The number of halogens is 3. The van der Waals surface area contributed by atoms with Crippen LogP contribution in [0.15, 0.2) is 36.5 Å². The van der Waals surface area contributed by atoms with Crippen molar-refractivity contribution in [3.8, 4) is 5.75 Å². The van der Waals surface area contributed by atoms with E-state index in [4.69, 9.17) is 39.7 Å². The maximum absolute atomic E-state index is 6.12. The Bertz CT molecular complexity index is 650. The number of nitrogens with zero attached hydrogens (tertiary/aromatic N) is 1. The van der Waals surface area contributed by atoms with E-state index in [9.17, 15) is 0 Å². The van der Waals surface area contributed by atoms with E-state index in [1.807, 2.05) is 24.3 Å². The third kappa shape index (κ3) is 2.15. The molecule has 0 aliphatic carbocycles. The molecule has 0 radical (unpaired) electrons. The van der Waals surface area contributed by atoms with E-state index < -0.39 is 5.54 Å². The Morgan fingerprint density at radius 2 is 2.05 bits per heavy atom. The number of hydrogen-bond donors (Lipinski definition) is 1. The van der Waals surface area contributed by atoms with E-state index in [-0.39, 0.29) is 0 Å². The number of pyridine rings is 1. The molecule has 104 valence electrons. The van der Waals surface area contributed by atoms with Gasteiger partial charge in [0.05, 0.1) is 16.7 Å². The second-order valence-electron chi connectivity index (χ2n) is 4.58. The van der Waals surface area contributed by atoms with Crippen molar-refractivity contribution in [3.05, 3.63) is 57.8 Å². The van der Waals surface area contributed by atoms with Crippen LogP contribution in [0, 0.1) is 0 Å². The molecule has 0 bridgehead atoms. The Kier molecular flexibility index (Phi) is 3.78. The summed E-state index contributed by atoms with van der Waals surface area (Å²) in [5.41, 5.74) is 1.02. The van der Waals surface area contributed by atoms with Crippen LogP contribution in [0.4, 0.5) is 0 Å². The van der Waals surface area contributed by atoms with Gasteiger partial charge < -0.3 is 4.74 Å². The number of aromatic nitrogens is 1. The molecule has 1 aliphatic rings. The molecule has 2 aromatic rings. The van der Waals surface area contributed by atoms with Gasteiger partial charge in [0.25, 0.3) is 0 Å². The van der Waals surface area contributed by atoms with Crippen molar-refractivity contribution in [1.29, 1.82) is 0 Å². The van der Waals surface area contributed by atoms with Crippen LogP contribution < -0.4 is 9.57 Å². The van der Waals surface area contributed by atoms with Crippen molar-refractivity contribution in [2.45, 2.75) is 12.0 Å². The third-order valence-electron chi connectivity index (χ3n) is 3.48. The molecule has 0 spiro atoms. The average Bonchev–Trinajstić information content (AvgIpc) is 2.49. The first-order chi connectivity index (χ1) is 9.67. The van der Waals surface area contributed by atoms with Gasteiger partial charge in [0.1, 0.15) is 17.0 Å². The molecule has 1 aromatic heterocycles. The standard InChI is InChI=1S/C14H11Cl3N2O/c15-10-4-3-9(8-11(10)16)14(19-17)5-7-20-12-2-1-6-18-13(12)14/h1-4,6,8,19H,5,7H2/t14-/m0/s1. The smallest absolute Gasteiger partial charge is 0.143 e. The zero-order chi connectivity index (χ0) is 14.2. The molecule has 1 N–H and O–H groups in total. The molecule has 1 aromatic carbocycles. The summed E-state index contributed by atoms with van der Waals surface area (Å²) < 4.78 is 5.64. The van der Waals surface area contributed by atoms with Gasteiger partial charge in [0.15, 0.2) is 0 Å². The van der Waals surface area contributed by atoms with Crippen molar-refractivity contribution >= 4 is 35.0 Å². The summed E-state index contributed by atoms with van der Waals surface area (Å²) in [6.07, 6.45) is 2.37. The molecule has 2 heterocycles. The van der Waals surface area contributed by atoms with Gasteiger partial charge in [-0.15, -0.1) is 0 Å². The fourth-order valence-electron chi connectivity index (χ4n) is 2.45. The van der Waals surface area contributed by atoms with Gasteiger partial charge in [-0.05, 0) is 41.6 Å². The molecule has 3 nitrogen and oxygen atoms in total. The van der Waals surface area contributed by atoms with Crippen LogP contribution in [0.5, 0.6) is 5.75 Å². The van der Waals surface area contributed by atoms with Crippen LogP contribution in [0.2, 0.25) is 10.0 Å². The van der Waals surface area contributed by atoms with E-state index in [1.165, 1.54) is 0 Å². The minimum atomic E-state index is -0.634. The summed E-state index contributed by atoms with van der Waals surface area (Å²) in [5, 5.41) is 0.993. The lowest BCUT2D eigenvalue weighted by atomic mass is 9.82. The maximum atomic E-state index is 6.12. The minimum absolute atomic E-state index is 0.486. The number of benzene rings is 1. The molecule has 0 fully saturated rings. The second-order valence-corrected chi connectivity index (χ2v) is 5.58. The summed E-state index contributed by atoms with van der Waals surface area (Å²) in [5.74, 6) is 0.720. The van der Waals surface area contributed by atoms with Gasteiger partial charge in [-0.25, -0.2) is 4.84 Å². The Morgan fingerprint density at radius 1 is 1.20 bits per heavy atom. The van der Waals surface area contributed by atoms with Gasteiger partial charge in [-0.3, -0.25) is 4.98 Å². The van der Waals surface area contributed by atoms with E-state index in [2.05, 4.69) is 9.82 Å². The summed E-state index contributed by atoms with van der Waals surface area (Å²) in [7, 11) is 0. The first-order valence-electron chi connectivity index (χ1n) is 6.09. The summed E-state index contributed by atoms with van der Waals surface area (Å²) in [4.78, 5) is 7.29. The minimum Gasteiger partial charge on any atom is -0.491 e. The molecule has 0 saturated carbocycles. The van der Waals surface area contributed by atoms with Gasteiger partial charge in [0, 0.05) is 12.6 Å². The third-order valence-corrected chi connectivity index (χ3v) is 4.54. The molecule has 0 unspecified atom stereocenters. The van der Waals surface area contributed by atoms with E-state index in [0.29, 0.717) is 23.1 Å². The zero-order valence-corrected chi connectivity index (χ0v) is 12.6. The highest BCUT2D eigenvalue weighted by Crippen LogP contribution is 2.42. The quantitative estimate of drug-likeness (QED) is 0.840. The molecule has 0 saturated heterocycles. The lowest BCUT2D eigenvalue weighted by molar-refractivity contribution is 0.223. The Hall–Kier alpha value is -1.00. The topological polar surface area (TPSA) is 34.1 Å². The van der Waals surface area contributed by atoms with Crippen molar-refractivity contribution < 1.29 is 4.74 Å². The maximum Gasteiger partial charge on any atom is 0.143 e. The normalized spacial score (nSPS) is 21.1. The van der Waals surface area contributed by atoms with Crippen LogP contribution >= 0.6 is 35.0 Å².